The number of nitrogen functional groups attached to an aromatic ring is 1. The molecule has 0 spiro atoms. The van der Waals surface area contributed by atoms with E-state index in [4.69, 9.17) is 5.73 Å². The number of azo groups is 2. The Labute approximate surface area is 282 Å². The molecule has 0 aliphatic carbocycles. The van der Waals surface area contributed by atoms with Gasteiger partial charge in [-0.1, -0.05) is 24.3 Å². The molecule has 0 saturated heterocycles. The summed E-state index contributed by atoms with van der Waals surface area (Å²) in [6, 6.07) is 12.8. The standard InChI is InChI=1S/C23H18N6O9S2.2Na/c1-12-7-8-15(29(31)32)11-16(12)26-27-21-17(39(33,34)35)9-13-10-18(40(36,37)38)22(23(30)19(13)20(21)24)28-25-14-5-3-2-4-6-14;;/h2-11,30H,24H2,1H3,(H,33,34,35)(H,36,37,38);;/q;2*+1/p-2. The molecule has 3 N–H and O–H groups in total. The van der Waals surface area contributed by atoms with E-state index in [9.17, 15) is 41.2 Å². The van der Waals surface area contributed by atoms with Gasteiger partial charge in [0.05, 0.1) is 37.2 Å². The van der Waals surface area contributed by atoms with Crippen LogP contribution in [0.4, 0.5) is 34.1 Å². The number of benzene rings is 4. The van der Waals surface area contributed by atoms with Crippen molar-refractivity contribution in [3.05, 3.63) is 76.3 Å². The molecule has 0 aliphatic heterocycles. The van der Waals surface area contributed by atoms with Crippen LogP contribution in [-0.2, 0) is 20.2 Å². The van der Waals surface area contributed by atoms with Crippen LogP contribution in [0.15, 0.2) is 90.9 Å². The summed E-state index contributed by atoms with van der Waals surface area (Å²) in [6.07, 6.45) is 0. The molecular weight excluding hydrogens is 614 g/mol. The quantitative estimate of drug-likeness (QED) is 0.0628. The number of rotatable bonds is 7. The van der Waals surface area contributed by atoms with Crippen LogP contribution < -0.4 is 64.8 Å². The van der Waals surface area contributed by atoms with Gasteiger partial charge in [0, 0.05) is 12.1 Å². The van der Waals surface area contributed by atoms with Crippen LogP contribution in [0.3, 0.4) is 0 Å². The molecule has 4 aromatic carbocycles. The summed E-state index contributed by atoms with van der Waals surface area (Å²) in [7, 11) is -10.7. The van der Waals surface area contributed by atoms with Crippen molar-refractivity contribution >= 4 is 65.1 Å². The number of nitro groups is 1. The normalized spacial score (nSPS) is 11.9. The van der Waals surface area contributed by atoms with Crippen molar-refractivity contribution in [3.63, 3.8) is 0 Å². The Morgan fingerprint density at radius 3 is 1.90 bits per heavy atom. The van der Waals surface area contributed by atoms with Gasteiger partial charge in [0.1, 0.15) is 31.6 Å². The summed E-state index contributed by atoms with van der Waals surface area (Å²) in [4.78, 5) is 8.31. The molecule has 0 bridgehead atoms. The summed E-state index contributed by atoms with van der Waals surface area (Å²) in [6.45, 7) is 1.54. The first-order valence-electron chi connectivity index (χ1n) is 10.9. The van der Waals surface area contributed by atoms with Crippen LogP contribution in [0.1, 0.15) is 5.56 Å². The van der Waals surface area contributed by atoms with Crippen molar-refractivity contribution in [2.75, 3.05) is 5.73 Å². The molecule has 4 rings (SSSR count). The van der Waals surface area contributed by atoms with Gasteiger partial charge < -0.3 is 19.9 Å². The fourth-order valence-corrected chi connectivity index (χ4v) is 4.92. The maximum atomic E-state index is 12.1. The van der Waals surface area contributed by atoms with E-state index in [0.717, 1.165) is 6.07 Å². The molecule has 206 valence electrons. The molecule has 0 atom stereocenters. The molecule has 19 heteroatoms. The fourth-order valence-electron chi connectivity index (χ4n) is 3.62. The zero-order valence-corrected chi connectivity index (χ0v) is 27.7. The second-order valence-electron chi connectivity index (χ2n) is 8.18. The summed E-state index contributed by atoms with van der Waals surface area (Å²) in [5.74, 6) is -0.970. The maximum Gasteiger partial charge on any atom is 1.00 e. The molecule has 0 saturated carbocycles. The molecule has 0 amide bonds. The Morgan fingerprint density at radius 2 is 1.36 bits per heavy atom. The van der Waals surface area contributed by atoms with Crippen molar-refractivity contribution in [2.24, 2.45) is 20.5 Å². The molecule has 0 aliphatic rings. The average Bonchev–Trinajstić information content (AvgIpc) is 2.87. The van der Waals surface area contributed by atoms with Gasteiger partial charge in [0.25, 0.3) is 5.69 Å². The number of nitrogens with two attached hydrogens (primary N) is 1. The van der Waals surface area contributed by atoms with Gasteiger partial charge in [0.15, 0.2) is 5.75 Å². The predicted molar refractivity (Wildman–Crippen MR) is 139 cm³/mol. The molecule has 4 aromatic rings. The second kappa shape index (κ2) is 13.6. The Morgan fingerprint density at radius 1 is 0.810 bits per heavy atom. The van der Waals surface area contributed by atoms with Gasteiger partial charge in [0.2, 0.25) is 0 Å². The third kappa shape index (κ3) is 7.56. The van der Waals surface area contributed by atoms with E-state index < -0.39 is 68.5 Å². The minimum absolute atomic E-state index is 0. The predicted octanol–water partition coefficient (Wildman–Crippen LogP) is -1.01. The number of non-ortho nitro benzene ring substituents is 1. The molecule has 0 fully saturated rings. The molecule has 0 radical (unpaired) electrons. The first kappa shape index (κ1) is 35.4. The third-order valence-electron chi connectivity index (χ3n) is 5.54. The van der Waals surface area contributed by atoms with Crippen molar-refractivity contribution in [3.8, 4) is 5.75 Å². The molecule has 42 heavy (non-hydrogen) atoms. The van der Waals surface area contributed by atoms with E-state index in [2.05, 4.69) is 20.5 Å². The van der Waals surface area contributed by atoms with E-state index >= 15 is 0 Å². The summed E-state index contributed by atoms with van der Waals surface area (Å²) in [5.41, 5.74) is 4.16. The first-order valence-corrected chi connectivity index (χ1v) is 13.7. The van der Waals surface area contributed by atoms with E-state index in [-0.39, 0.29) is 76.2 Å². The monoisotopic (exact) mass is 630 g/mol. The van der Waals surface area contributed by atoms with E-state index in [0.29, 0.717) is 17.7 Å². The number of aryl methyl sites for hydroxylation is 1. The van der Waals surface area contributed by atoms with E-state index in [1.54, 1.807) is 18.2 Å². The van der Waals surface area contributed by atoms with Crippen LogP contribution in [0.2, 0.25) is 0 Å². The van der Waals surface area contributed by atoms with Crippen LogP contribution in [0, 0.1) is 17.0 Å². The smallest absolute Gasteiger partial charge is 0.744 e. The molecule has 0 heterocycles. The van der Waals surface area contributed by atoms with Crippen molar-refractivity contribution in [1.29, 1.82) is 0 Å². The molecule has 0 unspecified atom stereocenters. The third-order valence-corrected chi connectivity index (χ3v) is 7.24. The number of aromatic hydroxyl groups is 1. The number of nitrogens with zero attached hydrogens (tertiary/aromatic N) is 5. The Kier molecular flexibility index (Phi) is 11.5. The summed E-state index contributed by atoms with van der Waals surface area (Å²) < 4.78 is 72.3. The minimum Gasteiger partial charge on any atom is -0.744 e. The summed E-state index contributed by atoms with van der Waals surface area (Å²) >= 11 is 0. The van der Waals surface area contributed by atoms with Gasteiger partial charge in [-0.15, -0.1) is 15.3 Å². The topological polar surface area (TPSA) is 253 Å². The SMILES string of the molecule is Cc1ccc([N+](=O)[O-])cc1N=Nc1c(S(=O)(=O)[O-])cc2cc(S(=O)(=O)[O-])c(N=Nc3ccccc3)c(O)c2c1N.[Na+].[Na+]. The van der Waals surface area contributed by atoms with Crippen molar-refractivity contribution in [2.45, 2.75) is 16.7 Å². The number of anilines is 1. The number of phenols is 1. The van der Waals surface area contributed by atoms with Crippen LogP contribution in [-0.4, -0.2) is 36.0 Å². The van der Waals surface area contributed by atoms with Crippen LogP contribution >= 0.6 is 0 Å². The van der Waals surface area contributed by atoms with E-state index in [1.807, 2.05) is 0 Å². The molecular formula is C23H16N6Na2O9S2. The van der Waals surface area contributed by atoms with Gasteiger partial charge in [-0.2, -0.15) is 5.11 Å². The van der Waals surface area contributed by atoms with Crippen molar-refractivity contribution < 1.29 is 95.1 Å². The number of nitro benzene ring substituents is 1. The average molecular weight is 631 g/mol. The zero-order chi connectivity index (χ0) is 29.4. The van der Waals surface area contributed by atoms with Gasteiger partial charge >= 0.3 is 59.1 Å². The number of fused-ring (bicyclic) bond motifs is 1. The van der Waals surface area contributed by atoms with Crippen LogP contribution in [0.5, 0.6) is 5.75 Å². The van der Waals surface area contributed by atoms with Gasteiger partial charge in [-0.05, 0) is 42.1 Å². The van der Waals surface area contributed by atoms with E-state index in [1.165, 1.54) is 31.2 Å². The Bertz CT molecular complexity index is 1970. The maximum absolute atomic E-state index is 12.1. The number of hydrogen-bond donors (Lipinski definition) is 2. The Hall–Kier alpha value is -2.84. The Balaban J connectivity index is 0.00000308. The zero-order valence-electron chi connectivity index (χ0n) is 22.1. The minimum atomic E-state index is -5.34. The van der Waals surface area contributed by atoms with Crippen LogP contribution in [0.25, 0.3) is 10.8 Å². The van der Waals surface area contributed by atoms with Gasteiger partial charge in [-0.25, -0.2) is 16.8 Å². The van der Waals surface area contributed by atoms with Crippen molar-refractivity contribution in [1.82, 2.24) is 0 Å². The first-order chi connectivity index (χ1) is 18.7. The fraction of sp³-hybridized carbons (Fsp3) is 0.0435. The number of phenolic OH excluding ortho intramolecular Hbond substituents is 1. The molecule has 0 aromatic heterocycles. The number of hydrogen-bond acceptors (Lipinski definition) is 14. The molecule has 15 nitrogen and oxygen atoms in total. The summed E-state index contributed by atoms with van der Waals surface area (Å²) in [5, 5.41) is 36.4. The second-order valence-corrected chi connectivity index (χ2v) is 10.9. The van der Waals surface area contributed by atoms with Gasteiger partial charge in [-0.3, -0.25) is 10.1 Å². The largest absolute Gasteiger partial charge is 1.00 e.